The first-order valence-corrected chi connectivity index (χ1v) is 8.73. The fourth-order valence-corrected chi connectivity index (χ4v) is 3.59. The molecule has 0 unspecified atom stereocenters. The van der Waals surface area contributed by atoms with Gasteiger partial charge in [0.05, 0.1) is 10.6 Å². The smallest absolute Gasteiger partial charge is 0.266 e. The fourth-order valence-electron chi connectivity index (χ4n) is 2.19. The third-order valence-electron chi connectivity index (χ3n) is 3.48. The van der Waals surface area contributed by atoms with Gasteiger partial charge in [-0.25, -0.2) is 4.99 Å². The summed E-state index contributed by atoms with van der Waals surface area (Å²) < 4.78 is 0.990. The molecule has 23 heavy (non-hydrogen) atoms. The van der Waals surface area contributed by atoms with Crippen LogP contribution in [0.3, 0.4) is 0 Å². The average molecular weight is 387 g/mol. The molecule has 116 valence electrons. The molecule has 2 aromatic carbocycles. The Morgan fingerprint density at radius 2 is 1.96 bits per heavy atom. The number of aryl methyl sites for hydroxylation is 1. The second-order valence-corrected chi connectivity index (χ2v) is 7.14. The van der Waals surface area contributed by atoms with Crippen LogP contribution in [0.5, 0.6) is 0 Å². The lowest BCUT2D eigenvalue weighted by atomic mass is 10.2. The van der Waals surface area contributed by atoms with Gasteiger partial charge in [-0.3, -0.25) is 9.69 Å². The summed E-state index contributed by atoms with van der Waals surface area (Å²) in [7, 11) is 1.76. The monoisotopic (exact) mass is 386 g/mol. The van der Waals surface area contributed by atoms with E-state index in [1.54, 1.807) is 11.9 Å². The largest absolute Gasteiger partial charge is 0.290 e. The zero-order valence-electron chi connectivity index (χ0n) is 12.8. The van der Waals surface area contributed by atoms with Crippen LogP contribution in [0.25, 0.3) is 6.08 Å². The number of aliphatic imine (C=N–C) groups is 1. The lowest BCUT2D eigenvalue weighted by Gasteiger charge is -2.08. The SMILES string of the molecule is Cc1ccccc1N=C1S/C(=C/c2cccc(Br)c2)C(=O)N1C. The highest BCUT2D eigenvalue weighted by Crippen LogP contribution is 2.33. The summed E-state index contributed by atoms with van der Waals surface area (Å²) in [5, 5.41) is 0.700. The maximum absolute atomic E-state index is 12.4. The molecule has 1 aliphatic heterocycles. The molecule has 0 radical (unpaired) electrons. The van der Waals surface area contributed by atoms with Gasteiger partial charge in [-0.05, 0) is 54.1 Å². The highest BCUT2D eigenvalue weighted by molar-refractivity contribution is 9.10. The van der Waals surface area contributed by atoms with Crippen molar-refractivity contribution in [2.75, 3.05) is 7.05 Å². The van der Waals surface area contributed by atoms with Gasteiger partial charge in [-0.1, -0.05) is 46.3 Å². The van der Waals surface area contributed by atoms with Gasteiger partial charge < -0.3 is 0 Å². The van der Waals surface area contributed by atoms with Crippen molar-refractivity contribution in [1.29, 1.82) is 0 Å². The Balaban J connectivity index is 1.93. The molecule has 5 heteroatoms. The van der Waals surface area contributed by atoms with Gasteiger partial charge in [0.2, 0.25) is 0 Å². The molecule has 0 spiro atoms. The maximum atomic E-state index is 12.4. The molecule has 0 aromatic heterocycles. The lowest BCUT2D eigenvalue weighted by Crippen LogP contribution is -2.23. The van der Waals surface area contributed by atoms with Gasteiger partial charge >= 0.3 is 0 Å². The van der Waals surface area contributed by atoms with Crippen molar-refractivity contribution in [2.45, 2.75) is 6.92 Å². The number of amides is 1. The van der Waals surface area contributed by atoms with Crippen molar-refractivity contribution in [1.82, 2.24) is 4.90 Å². The van der Waals surface area contributed by atoms with Crippen LogP contribution >= 0.6 is 27.7 Å². The van der Waals surface area contributed by atoms with E-state index in [4.69, 9.17) is 0 Å². The van der Waals surface area contributed by atoms with Gasteiger partial charge in [0, 0.05) is 11.5 Å². The van der Waals surface area contributed by atoms with Gasteiger partial charge in [0.15, 0.2) is 5.17 Å². The number of halogens is 1. The van der Waals surface area contributed by atoms with Crippen LogP contribution < -0.4 is 0 Å². The summed E-state index contributed by atoms with van der Waals surface area (Å²) in [5.41, 5.74) is 2.96. The zero-order valence-corrected chi connectivity index (χ0v) is 15.2. The van der Waals surface area contributed by atoms with E-state index in [1.165, 1.54) is 11.8 Å². The van der Waals surface area contributed by atoms with Crippen LogP contribution in [0.1, 0.15) is 11.1 Å². The van der Waals surface area contributed by atoms with E-state index >= 15 is 0 Å². The van der Waals surface area contributed by atoms with Crippen LogP contribution in [-0.2, 0) is 4.79 Å². The molecule has 1 fully saturated rings. The molecule has 1 aliphatic rings. The van der Waals surface area contributed by atoms with Crippen molar-refractivity contribution in [2.24, 2.45) is 4.99 Å². The number of para-hydroxylation sites is 1. The van der Waals surface area contributed by atoms with Gasteiger partial charge in [0.25, 0.3) is 5.91 Å². The number of amidine groups is 1. The Kier molecular flexibility index (Phi) is 4.68. The molecule has 3 nitrogen and oxygen atoms in total. The van der Waals surface area contributed by atoms with Gasteiger partial charge in [-0.2, -0.15) is 0 Å². The number of hydrogen-bond acceptors (Lipinski definition) is 3. The lowest BCUT2D eigenvalue weighted by molar-refractivity contribution is -0.121. The summed E-state index contributed by atoms with van der Waals surface area (Å²) in [6, 6.07) is 15.8. The van der Waals surface area contributed by atoms with E-state index in [9.17, 15) is 4.79 Å². The number of rotatable bonds is 2. The third-order valence-corrected chi connectivity index (χ3v) is 5.03. The third kappa shape index (κ3) is 3.57. The van der Waals surface area contributed by atoms with Crippen molar-refractivity contribution < 1.29 is 4.79 Å². The summed E-state index contributed by atoms with van der Waals surface area (Å²) in [6.07, 6.45) is 1.90. The second-order valence-electron chi connectivity index (χ2n) is 5.21. The average Bonchev–Trinajstić information content (AvgIpc) is 2.78. The van der Waals surface area contributed by atoms with Crippen LogP contribution in [-0.4, -0.2) is 23.0 Å². The minimum Gasteiger partial charge on any atom is -0.290 e. The van der Waals surface area contributed by atoms with Crippen molar-refractivity contribution >= 4 is 50.5 Å². The number of thioether (sulfide) groups is 1. The Labute approximate surface area is 148 Å². The Bertz CT molecular complexity index is 829. The van der Waals surface area contributed by atoms with Crippen molar-refractivity contribution in [3.63, 3.8) is 0 Å². The van der Waals surface area contributed by atoms with Crippen LogP contribution in [0, 0.1) is 6.92 Å². The molecule has 0 bridgehead atoms. The first-order valence-electron chi connectivity index (χ1n) is 7.12. The first-order chi connectivity index (χ1) is 11.0. The predicted octanol–water partition coefficient (Wildman–Crippen LogP) is 4.99. The number of likely N-dealkylation sites (N-methyl/N-ethyl adjacent to an activating group) is 1. The molecule has 0 atom stereocenters. The van der Waals surface area contributed by atoms with E-state index < -0.39 is 0 Å². The molecule has 0 N–H and O–H groups in total. The highest BCUT2D eigenvalue weighted by Gasteiger charge is 2.30. The van der Waals surface area contributed by atoms with Crippen LogP contribution in [0.4, 0.5) is 5.69 Å². The maximum Gasteiger partial charge on any atom is 0.266 e. The van der Waals surface area contributed by atoms with E-state index in [1.807, 2.05) is 61.5 Å². The van der Waals surface area contributed by atoms with E-state index in [0.717, 1.165) is 21.3 Å². The van der Waals surface area contributed by atoms with E-state index in [2.05, 4.69) is 20.9 Å². The molecule has 2 aromatic rings. The van der Waals surface area contributed by atoms with Crippen molar-refractivity contribution in [3.05, 3.63) is 69.0 Å². The first kappa shape index (κ1) is 16.0. The zero-order chi connectivity index (χ0) is 16.4. The normalized spacial score (nSPS) is 18.2. The minimum absolute atomic E-state index is 0.0256. The standard InChI is InChI=1S/C18H15BrN2OS/c1-12-6-3-4-9-15(12)20-18-21(2)17(22)16(23-18)11-13-7-5-8-14(19)10-13/h3-11H,1-2H3/b16-11+,20-18?. The number of benzene rings is 2. The molecular formula is C18H15BrN2OS. The quantitative estimate of drug-likeness (QED) is 0.680. The molecule has 0 aliphatic carbocycles. The van der Waals surface area contributed by atoms with Gasteiger partial charge in [-0.15, -0.1) is 0 Å². The van der Waals surface area contributed by atoms with Gasteiger partial charge in [0.1, 0.15) is 0 Å². The van der Waals surface area contributed by atoms with E-state index in [-0.39, 0.29) is 5.91 Å². The van der Waals surface area contributed by atoms with Crippen molar-refractivity contribution in [3.8, 4) is 0 Å². The van der Waals surface area contributed by atoms with Crippen LogP contribution in [0.15, 0.2) is 62.9 Å². The fraction of sp³-hybridized carbons (Fsp3) is 0.111. The number of hydrogen-bond donors (Lipinski definition) is 0. The summed E-state index contributed by atoms with van der Waals surface area (Å²) >= 11 is 4.85. The minimum atomic E-state index is -0.0256. The second kappa shape index (κ2) is 6.72. The molecule has 3 rings (SSSR count). The number of carbonyl (C=O) groups is 1. The Morgan fingerprint density at radius 3 is 2.70 bits per heavy atom. The Hall–Kier alpha value is -1.85. The summed E-state index contributed by atoms with van der Waals surface area (Å²) in [4.78, 5) is 19.3. The molecular weight excluding hydrogens is 372 g/mol. The summed E-state index contributed by atoms with van der Waals surface area (Å²) in [5.74, 6) is -0.0256. The molecule has 1 amide bonds. The molecule has 0 saturated carbocycles. The highest BCUT2D eigenvalue weighted by atomic mass is 79.9. The molecule has 1 heterocycles. The topological polar surface area (TPSA) is 32.7 Å². The van der Waals surface area contributed by atoms with E-state index in [0.29, 0.717) is 10.1 Å². The molecule has 1 saturated heterocycles. The predicted molar refractivity (Wildman–Crippen MR) is 101 cm³/mol. The summed E-state index contributed by atoms with van der Waals surface area (Å²) in [6.45, 7) is 2.01. The Morgan fingerprint density at radius 1 is 1.17 bits per heavy atom. The number of carbonyl (C=O) groups excluding carboxylic acids is 1. The number of nitrogens with zero attached hydrogens (tertiary/aromatic N) is 2. The van der Waals surface area contributed by atoms with Crippen LogP contribution in [0.2, 0.25) is 0 Å².